The highest BCUT2D eigenvalue weighted by Crippen LogP contribution is 2.24. The van der Waals surface area contributed by atoms with Gasteiger partial charge in [-0.25, -0.2) is 0 Å². The molecule has 0 aliphatic rings. The van der Waals surface area contributed by atoms with Crippen molar-refractivity contribution in [3.05, 3.63) is 88.2 Å². The Morgan fingerprint density at radius 3 is 2.50 bits per heavy atom. The maximum atomic E-state index is 12.9. The highest BCUT2D eigenvalue weighted by molar-refractivity contribution is 6.30. The van der Waals surface area contributed by atoms with E-state index in [0.717, 1.165) is 16.5 Å². The summed E-state index contributed by atoms with van der Waals surface area (Å²) in [7, 11) is 0. The van der Waals surface area contributed by atoms with Crippen molar-refractivity contribution < 1.29 is 0 Å². The fraction of sp³-hybridized carbons (Fsp3) is 0. The summed E-state index contributed by atoms with van der Waals surface area (Å²) in [5, 5.41) is 1.64. The van der Waals surface area contributed by atoms with E-state index < -0.39 is 0 Å². The molecular formula is C19H12ClNO. The molecule has 0 spiro atoms. The molecule has 3 heteroatoms. The highest BCUT2D eigenvalue weighted by Gasteiger charge is 2.09. The second-order valence-electron chi connectivity index (χ2n) is 5.22. The van der Waals surface area contributed by atoms with E-state index in [9.17, 15) is 4.79 Å². The highest BCUT2D eigenvalue weighted by atomic mass is 35.5. The molecule has 2 aromatic carbocycles. The smallest absolute Gasteiger partial charge is 0.210 e. The predicted octanol–water partition coefficient (Wildman–Crippen LogP) is 4.77. The number of hydrogen-bond acceptors (Lipinski definition) is 1. The molecule has 106 valence electrons. The van der Waals surface area contributed by atoms with E-state index >= 15 is 0 Å². The Morgan fingerprint density at radius 1 is 0.818 bits per heavy atom. The molecule has 0 saturated heterocycles. The summed E-state index contributed by atoms with van der Waals surface area (Å²) in [4.78, 5) is 12.9. The van der Waals surface area contributed by atoms with E-state index in [0.29, 0.717) is 16.1 Å². The molecule has 0 N–H and O–H groups in total. The van der Waals surface area contributed by atoms with Crippen LogP contribution < -0.4 is 5.43 Å². The van der Waals surface area contributed by atoms with E-state index in [1.165, 1.54) is 0 Å². The van der Waals surface area contributed by atoms with Crippen molar-refractivity contribution in [3.8, 4) is 11.1 Å². The zero-order valence-corrected chi connectivity index (χ0v) is 12.4. The van der Waals surface area contributed by atoms with Crippen molar-refractivity contribution >= 4 is 28.0 Å². The van der Waals surface area contributed by atoms with Crippen LogP contribution in [0.15, 0.2) is 77.7 Å². The van der Waals surface area contributed by atoms with Gasteiger partial charge in [0.25, 0.3) is 0 Å². The Bertz CT molecular complexity index is 1070. The lowest BCUT2D eigenvalue weighted by Crippen LogP contribution is -2.03. The van der Waals surface area contributed by atoms with Gasteiger partial charge in [-0.15, -0.1) is 0 Å². The first-order valence-electron chi connectivity index (χ1n) is 7.03. The van der Waals surface area contributed by atoms with Crippen LogP contribution in [0.5, 0.6) is 0 Å². The molecule has 4 aromatic rings. The van der Waals surface area contributed by atoms with Crippen LogP contribution in [-0.4, -0.2) is 4.40 Å². The number of hydrogen-bond donors (Lipinski definition) is 0. The molecule has 2 nitrogen and oxygen atoms in total. The molecule has 2 aromatic heterocycles. The van der Waals surface area contributed by atoms with Gasteiger partial charge in [0.05, 0.1) is 11.0 Å². The molecule has 0 aliphatic heterocycles. The summed E-state index contributed by atoms with van der Waals surface area (Å²) < 4.78 is 1.94. The third kappa shape index (κ3) is 2.00. The molecule has 0 radical (unpaired) electrons. The number of nitrogens with zero attached hydrogens (tertiary/aromatic N) is 1. The molecule has 0 amide bonds. The van der Waals surface area contributed by atoms with E-state index in [1.54, 1.807) is 0 Å². The molecule has 2 heterocycles. The third-order valence-corrected chi connectivity index (χ3v) is 4.09. The van der Waals surface area contributed by atoms with Gasteiger partial charge in [-0.05, 0) is 47.3 Å². The lowest BCUT2D eigenvalue weighted by molar-refractivity contribution is 1.28. The van der Waals surface area contributed by atoms with E-state index in [4.69, 9.17) is 11.6 Å². The quantitative estimate of drug-likeness (QED) is 0.496. The maximum absolute atomic E-state index is 12.9. The number of fused-ring (bicyclic) bond motifs is 3. The van der Waals surface area contributed by atoms with Crippen molar-refractivity contribution in [1.29, 1.82) is 0 Å². The van der Waals surface area contributed by atoms with Crippen LogP contribution in [0.25, 0.3) is 27.5 Å². The first kappa shape index (κ1) is 13.1. The van der Waals surface area contributed by atoms with Crippen LogP contribution in [0, 0.1) is 0 Å². The Morgan fingerprint density at radius 2 is 1.64 bits per heavy atom. The van der Waals surface area contributed by atoms with Crippen LogP contribution in [0.3, 0.4) is 0 Å². The van der Waals surface area contributed by atoms with Gasteiger partial charge < -0.3 is 4.40 Å². The summed E-state index contributed by atoms with van der Waals surface area (Å²) in [5.74, 6) is 0. The maximum Gasteiger partial charge on any atom is 0.210 e. The van der Waals surface area contributed by atoms with Gasteiger partial charge >= 0.3 is 0 Å². The summed E-state index contributed by atoms with van der Waals surface area (Å²) in [6, 6.07) is 21.1. The zero-order valence-electron chi connectivity index (χ0n) is 11.7. The van der Waals surface area contributed by atoms with Crippen molar-refractivity contribution in [3.63, 3.8) is 0 Å². The van der Waals surface area contributed by atoms with Crippen molar-refractivity contribution in [2.45, 2.75) is 0 Å². The van der Waals surface area contributed by atoms with Crippen LogP contribution in [0.4, 0.5) is 0 Å². The lowest BCUT2D eigenvalue weighted by Gasteiger charge is -1.99. The minimum Gasteiger partial charge on any atom is -0.313 e. The van der Waals surface area contributed by atoms with Gasteiger partial charge in [0.1, 0.15) is 0 Å². The topological polar surface area (TPSA) is 21.5 Å². The fourth-order valence-corrected chi connectivity index (χ4v) is 3.02. The van der Waals surface area contributed by atoms with Crippen molar-refractivity contribution in [2.75, 3.05) is 0 Å². The van der Waals surface area contributed by atoms with Crippen LogP contribution in [0.1, 0.15) is 0 Å². The van der Waals surface area contributed by atoms with Crippen molar-refractivity contribution in [1.82, 2.24) is 4.40 Å². The Hall–Kier alpha value is -2.58. The Labute approximate surface area is 132 Å². The summed E-state index contributed by atoms with van der Waals surface area (Å²) in [6.45, 7) is 0. The van der Waals surface area contributed by atoms with E-state index in [-0.39, 0.29) is 5.43 Å². The first-order valence-corrected chi connectivity index (χ1v) is 7.41. The lowest BCUT2D eigenvalue weighted by atomic mass is 10.1. The first-order chi connectivity index (χ1) is 10.7. The SMILES string of the molecule is O=c1c(-c2cccc(Cl)c2)cc2ccccc2n2cccc12. The summed E-state index contributed by atoms with van der Waals surface area (Å²) >= 11 is 6.09. The molecule has 0 bridgehead atoms. The number of aromatic nitrogens is 1. The molecule has 22 heavy (non-hydrogen) atoms. The van der Waals surface area contributed by atoms with E-state index in [1.807, 2.05) is 77.3 Å². The molecule has 0 unspecified atom stereocenters. The summed E-state index contributed by atoms with van der Waals surface area (Å²) in [6.07, 6.45) is 1.92. The third-order valence-electron chi connectivity index (χ3n) is 3.86. The second kappa shape index (κ2) is 5.00. The molecule has 0 saturated carbocycles. The normalized spacial score (nSPS) is 11.1. The minimum absolute atomic E-state index is 0.00321. The van der Waals surface area contributed by atoms with Gasteiger partial charge in [-0.3, -0.25) is 4.79 Å². The number of halogens is 1. The van der Waals surface area contributed by atoms with Gasteiger partial charge in [0.15, 0.2) is 0 Å². The minimum atomic E-state index is 0.00321. The Balaban J connectivity index is 2.23. The van der Waals surface area contributed by atoms with Crippen LogP contribution in [0.2, 0.25) is 5.02 Å². The predicted molar refractivity (Wildman–Crippen MR) is 91.6 cm³/mol. The molecule has 0 atom stereocenters. The molecule has 4 rings (SSSR count). The fourth-order valence-electron chi connectivity index (χ4n) is 2.83. The number of benzene rings is 2. The average molecular weight is 306 g/mol. The molecular weight excluding hydrogens is 294 g/mol. The number of para-hydroxylation sites is 1. The van der Waals surface area contributed by atoms with Gasteiger partial charge in [-0.1, -0.05) is 41.9 Å². The molecule has 0 fully saturated rings. The number of rotatable bonds is 1. The monoisotopic (exact) mass is 305 g/mol. The molecule has 0 aliphatic carbocycles. The van der Waals surface area contributed by atoms with Crippen LogP contribution >= 0.6 is 11.6 Å². The average Bonchev–Trinajstić information content (AvgIpc) is 2.98. The van der Waals surface area contributed by atoms with Gasteiger partial charge in [-0.2, -0.15) is 0 Å². The largest absolute Gasteiger partial charge is 0.313 e. The standard InChI is InChI=1S/C19H12ClNO/c20-15-7-3-6-13(11-15)16-12-14-5-1-2-8-17(14)21-10-4-9-18(21)19(16)22/h1-12H. The zero-order chi connectivity index (χ0) is 15.1. The van der Waals surface area contributed by atoms with Gasteiger partial charge in [0, 0.05) is 16.8 Å². The second-order valence-corrected chi connectivity index (χ2v) is 5.66. The Kier molecular flexibility index (Phi) is 2.98. The summed E-state index contributed by atoms with van der Waals surface area (Å²) in [5.41, 5.74) is 3.17. The van der Waals surface area contributed by atoms with E-state index in [2.05, 4.69) is 0 Å². The van der Waals surface area contributed by atoms with Crippen LogP contribution in [-0.2, 0) is 0 Å². The van der Waals surface area contributed by atoms with Crippen molar-refractivity contribution in [2.24, 2.45) is 0 Å². The van der Waals surface area contributed by atoms with Gasteiger partial charge in [0.2, 0.25) is 5.43 Å².